The van der Waals surface area contributed by atoms with E-state index in [2.05, 4.69) is 39.2 Å². The molecule has 0 aliphatic carbocycles. The molecule has 0 spiro atoms. The van der Waals surface area contributed by atoms with Gasteiger partial charge in [-0.25, -0.2) is 0 Å². The lowest BCUT2D eigenvalue weighted by Crippen LogP contribution is -2.55. The molecule has 1 heterocycles. The number of Topliss-reactive ketones (excluding diaryl/α,β-unsaturated/α-hetero) is 1. The van der Waals surface area contributed by atoms with E-state index < -0.39 is 8.32 Å². The largest absolute Gasteiger partial charge is 0.412 e. The van der Waals surface area contributed by atoms with Crippen LogP contribution in [0.2, 0.25) is 23.2 Å². The molecule has 1 aromatic carbocycles. The molecule has 0 bridgehead atoms. The molecule has 1 N–H and O–H groups in total. The van der Waals surface area contributed by atoms with Gasteiger partial charge in [0.25, 0.3) is 0 Å². The van der Waals surface area contributed by atoms with Crippen LogP contribution < -0.4 is 5.32 Å². The van der Waals surface area contributed by atoms with Crippen LogP contribution in [0.25, 0.3) is 0 Å². The number of piperidine rings is 1. The number of carbonyl (C=O) groups excluding carboxylic acids is 2. The maximum absolute atomic E-state index is 12.6. The molecule has 0 saturated carbocycles. The Labute approximate surface area is 156 Å². The summed E-state index contributed by atoms with van der Waals surface area (Å²) in [6, 6.07) is 6.58. The summed E-state index contributed by atoms with van der Waals surface area (Å²) in [5.74, 6) is -0.0170. The maximum Gasteiger partial charge on any atom is 0.220 e. The zero-order chi connectivity index (χ0) is 18.8. The molecule has 2 rings (SSSR count). The molecule has 4 nitrogen and oxygen atoms in total. The summed E-state index contributed by atoms with van der Waals surface area (Å²) in [5, 5.41) is 3.65. The third-order valence-electron chi connectivity index (χ3n) is 5.27. The van der Waals surface area contributed by atoms with Crippen molar-refractivity contribution in [1.82, 2.24) is 5.32 Å². The summed E-state index contributed by atoms with van der Waals surface area (Å²) < 4.78 is 6.51. The molecule has 25 heavy (non-hydrogen) atoms. The van der Waals surface area contributed by atoms with Crippen molar-refractivity contribution in [2.75, 3.05) is 0 Å². The number of hydrogen-bond donors (Lipinski definition) is 1. The molecule has 1 aromatic rings. The second-order valence-electron chi connectivity index (χ2n) is 8.26. The second-order valence-corrected chi connectivity index (χ2v) is 13.5. The molecule has 0 aromatic heterocycles. The van der Waals surface area contributed by atoms with Crippen LogP contribution in [0, 0.1) is 0 Å². The summed E-state index contributed by atoms with van der Waals surface area (Å²) in [5.41, 5.74) is 0.607. The molecule has 1 amide bonds. The third kappa shape index (κ3) is 5.15. The zero-order valence-electron chi connectivity index (χ0n) is 15.7. The number of amides is 1. The number of halogens is 1. The molecule has 138 valence electrons. The molecule has 0 unspecified atom stereocenters. The fraction of sp³-hybridized carbons (Fsp3) is 0.579. The van der Waals surface area contributed by atoms with Crippen molar-refractivity contribution in [3.63, 3.8) is 0 Å². The molecular weight excluding hydrogens is 354 g/mol. The fourth-order valence-electron chi connectivity index (χ4n) is 2.68. The van der Waals surface area contributed by atoms with Gasteiger partial charge in [0.2, 0.25) is 5.91 Å². The lowest BCUT2D eigenvalue weighted by Gasteiger charge is -2.43. The van der Waals surface area contributed by atoms with Crippen molar-refractivity contribution >= 4 is 31.6 Å². The Morgan fingerprint density at radius 2 is 1.88 bits per heavy atom. The summed E-state index contributed by atoms with van der Waals surface area (Å²) >= 11 is 5.88. The Morgan fingerprint density at radius 3 is 2.44 bits per heavy atom. The quantitative estimate of drug-likeness (QED) is 0.599. The lowest BCUT2D eigenvalue weighted by atomic mass is 9.94. The topological polar surface area (TPSA) is 55.4 Å². The third-order valence-corrected chi connectivity index (χ3v) is 10.0. The molecule has 6 heteroatoms. The summed E-state index contributed by atoms with van der Waals surface area (Å²) in [6.45, 7) is 11.0. The number of nitrogens with one attached hydrogen (secondary N) is 1. The van der Waals surface area contributed by atoms with E-state index in [1.54, 1.807) is 24.3 Å². The monoisotopic (exact) mass is 381 g/mol. The fourth-order valence-corrected chi connectivity index (χ4v) is 4.20. The highest BCUT2D eigenvalue weighted by molar-refractivity contribution is 6.74. The molecule has 1 aliphatic heterocycles. The summed E-state index contributed by atoms with van der Waals surface area (Å²) in [4.78, 5) is 24.5. The molecule has 2 atom stereocenters. The Balaban J connectivity index is 2.12. The first-order chi connectivity index (χ1) is 11.5. The Kier molecular flexibility index (Phi) is 6.12. The van der Waals surface area contributed by atoms with E-state index >= 15 is 0 Å². The van der Waals surface area contributed by atoms with Gasteiger partial charge in [-0.1, -0.05) is 32.4 Å². The normalized spacial score (nSPS) is 21.8. The average Bonchev–Trinajstić information content (AvgIpc) is 2.49. The van der Waals surface area contributed by atoms with Gasteiger partial charge < -0.3 is 9.74 Å². The van der Waals surface area contributed by atoms with Crippen LogP contribution in [-0.2, 0) is 9.22 Å². The Hall–Kier alpha value is -1.17. The minimum atomic E-state index is -1.97. The zero-order valence-corrected chi connectivity index (χ0v) is 17.4. The number of ketones is 1. The number of benzene rings is 1. The van der Waals surface area contributed by atoms with Crippen LogP contribution in [0.5, 0.6) is 0 Å². The van der Waals surface area contributed by atoms with Gasteiger partial charge in [0.05, 0.1) is 12.1 Å². The lowest BCUT2D eigenvalue weighted by molar-refractivity contribution is -0.125. The predicted molar refractivity (Wildman–Crippen MR) is 104 cm³/mol. The van der Waals surface area contributed by atoms with Crippen LogP contribution >= 0.6 is 11.6 Å². The first-order valence-electron chi connectivity index (χ1n) is 8.75. The van der Waals surface area contributed by atoms with Gasteiger partial charge in [0, 0.05) is 23.4 Å². The second kappa shape index (κ2) is 7.60. The first kappa shape index (κ1) is 20.1. The van der Waals surface area contributed by atoms with Gasteiger partial charge in [-0.3, -0.25) is 9.59 Å². The predicted octanol–water partition coefficient (Wildman–Crippen LogP) is 4.58. The van der Waals surface area contributed by atoms with Crippen molar-refractivity contribution in [3.8, 4) is 0 Å². The van der Waals surface area contributed by atoms with Crippen LogP contribution in [-0.4, -0.2) is 32.2 Å². The van der Waals surface area contributed by atoms with Crippen molar-refractivity contribution in [2.24, 2.45) is 0 Å². The van der Waals surface area contributed by atoms with E-state index in [4.69, 9.17) is 16.0 Å². The molecular formula is C19H28ClNO3Si. The highest BCUT2D eigenvalue weighted by atomic mass is 35.5. The van der Waals surface area contributed by atoms with Gasteiger partial charge in [-0.05, 0) is 48.8 Å². The maximum atomic E-state index is 12.6. The van der Waals surface area contributed by atoms with Crippen LogP contribution in [0.3, 0.4) is 0 Å². The smallest absolute Gasteiger partial charge is 0.220 e. The minimum Gasteiger partial charge on any atom is -0.412 e. The van der Waals surface area contributed by atoms with Crippen molar-refractivity contribution in [3.05, 3.63) is 34.9 Å². The minimum absolute atomic E-state index is 0.00676. The highest BCUT2D eigenvalue weighted by Gasteiger charge is 2.42. The molecule has 0 radical (unpaired) electrons. The molecule has 1 fully saturated rings. The average molecular weight is 382 g/mol. The molecule has 1 aliphatic rings. The molecule has 1 saturated heterocycles. The number of hydrogen-bond acceptors (Lipinski definition) is 3. The Morgan fingerprint density at radius 1 is 1.28 bits per heavy atom. The van der Waals surface area contributed by atoms with Crippen LogP contribution in [0.4, 0.5) is 0 Å². The van der Waals surface area contributed by atoms with E-state index in [-0.39, 0.29) is 35.3 Å². The standard InChI is InChI=1S/C19H28ClNO3Si/c1-19(2,3)25(4,5)24-17-10-11-18(23)21-15(17)12-16(22)13-6-8-14(20)9-7-13/h6-9,15,17H,10-12H2,1-5H3,(H,21,23)/t15-,17+/m0/s1. The highest BCUT2D eigenvalue weighted by Crippen LogP contribution is 2.38. The summed E-state index contributed by atoms with van der Waals surface area (Å²) in [6.07, 6.45) is 1.24. The van der Waals surface area contributed by atoms with Gasteiger partial charge in [0.15, 0.2) is 14.1 Å². The van der Waals surface area contributed by atoms with Gasteiger partial charge >= 0.3 is 0 Å². The van der Waals surface area contributed by atoms with E-state index in [0.29, 0.717) is 23.4 Å². The van der Waals surface area contributed by atoms with E-state index in [9.17, 15) is 9.59 Å². The Bertz CT molecular complexity index is 637. The van der Waals surface area contributed by atoms with Gasteiger partial charge in [0.1, 0.15) is 0 Å². The number of rotatable bonds is 5. The summed E-state index contributed by atoms with van der Waals surface area (Å²) in [7, 11) is -1.97. The van der Waals surface area contributed by atoms with Crippen molar-refractivity contribution in [1.29, 1.82) is 0 Å². The van der Waals surface area contributed by atoms with E-state index in [1.165, 1.54) is 0 Å². The van der Waals surface area contributed by atoms with E-state index in [0.717, 1.165) is 0 Å². The van der Waals surface area contributed by atoms with Crippen LogP contribution in [0.1, 0.15) is 50.4 Å². The van der Waals surface area contributed by atoms with E-state index in [1.807, 2.05) is 0 Å². The SMILES string of the molecule is CC(C)(C)[Si](C)(C)O[C@@H]1CCC(=O)N[C@H]1CC(=O)c1ccc(Cl)cc1. The number of carbonyl (C=O) groups is 2. The van der Waals surface area contributed by atoms with Gasteiger partial charge in [-0.15, -0.1) is 0 Å². The van der Waals surface area contributed by atoms with Crippen molar-refractivity contribution < 1.29 is 14.0 Å². The van der Waals surface area contributed by atoms with Gasteiger partial charge in [-0.2, -0.15) is 0 Å². The van der Waals surface area contributed by atoms with Crippen molar-refractivity contribution in [2.45, 2.75) is 70.3 Å². The van der Waals surface area contributed by atoms with Crippen LogP contribution in [0.15, 0.2) is 24.3 Å². The first-order valence-corrected chi connectivity index (χ1v) is 12.0.